The summed E-state index contributed by atoms with van der Waals surface area (Å²) in [5, 5.41) is 2.51. The Hall–Kier alpha value is -2.62. The smallest absolute Gasteiger partial charge is 0.290 e. The zero-order valence-corrected chi connectivity index (χ0v) is 12.2. The van der Waals surface area contributed by atoms with Crippen LogP contribution in [0.15, 0.2) is 60.7 Å². The second-order valence-corrected chi connectivity index (χ2v) is 5.48. The molecule has 0 aliphatic heterocycles. The van der Waals surface area contributed by atoms with E-state index < -0.39 is 0 Å². The Balaban J connectivity index is 1.79. The third-order valence-corrected chi connectivity index (χ3v) is 3.67. The molecular formula is C18H18N2O2. The molecule has 0 bridgehead atoms. The van der Waals surface area contributed by atoms with Gasteiger partial charge in [-0.15, -0.1) is 0 Å². The van der Waals surface area contributed by atoms with Gasteiger partial charge in [-0.05, 0) is 30.5 Å². The van der Waals surface area contributed by atoms with Crippen molar-refractivity contribution in [3.63, 3.8) is 0 Å². The first kappa shape index (κ1) is 14.3. The molecule has 1 N–H and O–H groups in total. The van der Waals surface area contributed by atoms with Gasteiger partial charge in [-0.2, -0.15) is 0 Å². The number of urea groups is 1. The Bertz CT molecular complexity index is 651. The molecular weight excluding hydrogens is 276 g/mol. The van der Waals surface area contributed by atoms with Crippen LogP contribution in [-0.4, -0.2) is 11.9 Å². The standard InChI is InChI=1S/C18H18N2O2/c21-17(15-11-12-15)19-18(22)20(16-9-5-2-6-10-16)13-14-7-3-1-4-8-14/h1-10,15H,11-13H2,(H,19,21,22). The predicted molar refractivity (Wildman–Crippen MR) is 85.3 cm³/mol. The van der Waals surface area contributed by atoms with Crippen LogP contribution >= 0.6 is 0 Å². The SMILES string of the molecule is O=C(NC(=O)N(Cc1ccccc1)c1ccccc1)C1CC1. The maximum atomic E-state index is 12.5. The van der Waals surface area contributed by atoms with E-state index >= 15 is 0 Å². The predicted octanol–water partition coefficient (Wildman–Crippen LogP) is 3.34. The van der Waals surface area contributed by atoms with Gasteiger partial charge in [-0.1, -0.05) is 48.5 Å². The molecule has 2 aromatic carbocycles. The molecule has 1 saturated carbocycles. The number of nitrogens with one attached hydrogen (secondary N) is 1. The highest BCUT2D eigenvalue weighted by Gasteiger charge is 2.31. The summed E-state index contributed by atoms with van der Waals surface area (Å²) in [7, 11) is 0. The maximum Gasteiger partial charge on any atom is 0.328 e. The van der Waals surface area contributed by atoms with Gasteiger partial charge in [-0.3, -0.25) is 15.0 Å². The summed E-state index contributed by atoms with van der Waals surface area (Å²) in [4.78, 5) is 25.9. The topological polar surface area (TPSA) is 49.4 Å². The molecule has 2 aromatic rings. The Morgan fingerprint density at radius 3 is 2.14 bits per heavy atom. The summed E-state index contributed by atoms with van der Waals surface area (Å²) in [6.07, 6.45) is 1.76. The van der Waals surface area contributed by atoms with Crippen LogP contribution in [0.1, 0.15) is 18.4 Å². The van der Waals surface area contributed by atoms with Crippen molar-refractivity contribution < 1.29 is 9.59 Å². The number of para-hydroxylation sites is 1. The molecule has 4 nitrogen and oxygen atoms in total. The fraction of sp³-hybridized carbons (Fsp3) is 0.222. The number of hydrogen-bond donors (Lipinski definition) is 1. The molecule has 0 atom stereocenters. The lowest BCUT2D eigenvalue weighted by molar-refractivity contribution is -0.121. The summed E-state index contributed by atoms with van der Waals surface area (Å²) in [6.45, 7) is 0.425. The lowest BCUT2D eigenvalue weighted by atomic mass is 10.2. The Morgan fingerprint density at radius 2 is 1.55 bits per heavy atom. The molecule has 112 valence electrons. The van der Waals surface area contributed by atoms with Crippen LogP contribution in [0.25, 0.3) is 0 Å². The first-order chi connectivity index (χ1) is 10.7. The van der Waals surface area contributed by atoms with Crippen molar-refractivity contribution in [2.45, 2.75) is 19.4 Å². The van der Waals surface area contributed by atoms with Crippen LogP contribution in [0.3, 0.4) is 0 Å². The molecule has 1 fully saturated rings. The van der Waals surface area contributed by atoms with Crippen LogP contribution in [0.5, 0.6) is 0 Å². The van der Waals surface area contributed by atoms with E-state index in [1.54, 1.807) is 4.90 Å². The Kier molecular flexibility index (Phi) is 4.19. The number of anilines is 1. The zero-order chi connectivity index (χ0) is 15.4. The first-order valence-corrected chi connectivity index (χ1v) is 7.45. The zero-order valence-electron chi connectivity index (χ0n) is 12.2. The fourth-order valence-corrected chi connectivity index (χ4v) is 2.27. The van der Waals surface area contributed by atoms with Gasteiger partial charge in [0.15, 0.2) is 0 Å². The maximum absolute atomic E-state index is 12.5. The van der Waals surface area contributed by atoms with Crippen LogP contribution < -0.4 is 10.2 Å². The van der Waals surface area contributed by atoms with Gasteiger partial charge >= 0.3 is 6.03 Å². The average Bonchev–Trinajstić information content (AvgIpc) is 3.39. The summed E-state index contributed by atoms with van der Waals surface area (Å²) < 4.78 is 0. The molecule has 1 aliphatic carbocycles. The van der Waals surface area contributed by atoms with E-state index in [0.717, 1.165) is 24.1 Å². The molecule has 1 aliphatic rings. The van der Waals surface area contributed by atoms with E-state index in [-0.39, 0.29) is 17.9 Å². The molecule has 4 heteroatoms. The van der Waals surface area contributed by atoms with Crippen molar-refractivity contribution >= 4 is 17.6 Å². The second kappa shape index (κ2) is 6.43. The number of nitrogens with zero attached hydrogens (tertiary/aromatic N) is 1. The summed E-state index contributed by atoms with van der Waals surface area (Å²) in [5.41, 5.74) is 1.79. The normalized spacial score (nSPS) is 13.5. The number of imide groups is 1. The van der Waals surface area contributed by atoms with Gasteiger partial charge in [0.05, 0.1) is 6.54 Å². The van der Waals surface area contributed by atoms with E-state index in [0.29, 0.717) is 6.54 Å². The highest BCUT2D eigenvalue weighted by atomic mass is 16.2. The monoisotopic (exact) mass is 294 g/mol. The van der Waals surface area contributed by atoms with E-state index in [1.165, 1.54) is 0 Å². The Morgan fingerprint density at radius 1 is 0.955 bits per heavy atom. The van der Waals surface area contributed by atoms with Crippen LogP contribution in [-0.2, 0) is 11.3 Å². The molecule has 0 radical (unpaired) electrons. The highest BCUT2D eigenvalue weighted by Crippen LogP contribution is 2.29. The van der Waals surface area contributed by atoms with Gasteiger partial charge in [0.25, 0.3) is 0 Å². The van der Waals surface area contributed by atoms with Gasteiger partial charge in [0.2, 0.25) is 5.91 Å². The number of amides is 3. The number of carbonyl (C=O) groups is 2. The second-order valence-electron chi connectivity index (χ2n) is 5.48. The summed E-state index contributed by atoms with van der Waals surface area (Å²) >= 11 is 0. The van der Waals surface area contributed by atoms with Gasteiger partial charge in [0, 0.05) is 11.6 Å². The molecule has 3 amide bonds. The third-order valence-electron chi connectivity index (χ3n) is 3.67. The van der Waals surface area contributed by atoms with Crippen LogP contribution in [0.4, 0.5) is 10.5 Å². The van der Waals surface area contributed by atoms with E-state index in [2.05, 4.69) is 5.32 Å². The van der Waals surface area contributed by atoms with Crippen molar-refractivity contribution in [2.75, 3.05) is 4.90 Å². The molecule has 0 spiro atoms. The number of benzene rings is 2. The minimum Gasteiger partial charge on any atom is -0.290 e. The largest absolute Gasteiger partial charge is 0.328 e. The van der Waals surface area contributed by atoms with Gasteiger partial charge in [-0.25, -0.2) is 4.79 Å². The van der Waals surface area contributed by atoms with E-state index in [1.807, 2.05) is 60.7 Å². The van der Waals surface area contributed by atoms with E-state index in [4.69, 9.17) is 0 Å². The molecule has 0 aromatic heterocycles. The van der Waals surface area contributed by atoms with E-state index in [9.17, 15) is 9.59 Å². The first-order valence-electron chi connectivity index (χ1n) is 7.45. The third kappa shape index (κ3) is 3.52. The summed E-state index contributed by atoms with van der Waals surface area (Å²) in [5.74, 6) is -0.155. The van der Waals surface area contributed by atoms with Crippen molar-refractivity contribution in [3.8, 4) is 0 Å². The average molecular weight is 294 g/mol. The van der Waals surface area contributed by atoms with Crippen molar-refractivity contribution in [3.05, 3.63) is 66.2 Å². The van der Waals surface area contributed by atoms with Crippen LogP contribution in [0.2, 0.25) is 0 Å². The minimum atomic E-state index is -0.369. The molecule has 0 heterocycles. The molecule has 3 rings (SSSR count). The number of carbonyl (C=O) groups excluding carboxylic acids is 2. The fourth-order valence-electron chi connectivity index (χ4n) is 2.27. The Labute approximate surface area is 129 Å². The van der Waals surface area contributed by atoms with Crippen molar-refractivity contribution in [2.24, 2.45) is 5.92 Å². The number of hydrogen-bond acceptors (Lipinski definition) is 2. The highest BCUT2D eigenvalue weighted by molar-refractivity contribution is 6.03. The van der Waals surface area contributed by atoms with Crippen molar-refractivity contribution in [1.82, 2.24) is 5.32 Å². The minimum absolute atomic E-state index is 0.0123. The quantitative estimate of drug-likeness (QED) is 0.940. The molecule has 0 saturated heterocycles. The van der Waals surface area contributed by atoms with Crippen molar-refractivity contribution in [1.29, 1.82) is 0 Å². The number of rotatable bonds is 4. The van der Waals surface area contributed by atoms with Crippen LogP contribution in [0, 0.1) is 5.92 Å². The van der Waals surface area contributed by atoms with Gasteiger partial charge in [0.1, 0.15) is 0 Å². The lowest BCUT2D eigenvalue weighted by Gasteiger charge is -2.23. The summed E-state index contributed by atoms with van der Waals surface area (Å²) in [6, 6.07) is 18.8. The van der Waals surface area contributed by atoms with Gasteiger partial charge < -0.3 is 0 Å². The molecule has 0 unspecified atom stereocenters. The lowest BCUT2D eigenvalue weighted by Crippen LogP contribution is -2.43. The molecule has 22 heavy (non-hydrogen) atoms.